The molecule has 4 rings (SSSR count). The number of thioether (sulfide) groups is 1. The van der Waals surface area contributed by atoms with Crippen LogP contribution in [-0.2, 0) is 21.4 Å². The molecule has 3 aromatic rings. The molecule has 1 saturated carbocycles. The van der Waals surface area contributed by atoms with Crippen molar-refractivity contribution in [3.63, 3.8) is 0 Å². The van der Waals surface area contributed by atoms with Crippen LogP contribution in [0.4, 0.5) is 0 Å². The zero-order chi connectivity index (χ0) is 24.1. The first-order chi connectivity index (χ1) is 16.4. The van der Waals surface area contributed by atoms with Gasteiger partial charge in [0, 0.05) is 31.2 Å². The number of nitrogens with one attached hydrogen (secondary N) is 1. The molecule has 1 aliphatic carbocycles. The Bertz CT molecular complexity index is 1220. The Kier molecular flexibility index (Phi) is 7.70. The van der Waals surface area contributed by atoms with E-state index in [1.807, 2.05) is 48.7 Å². The highest BCUT2D eigenvalue weighted by Crippen LogP contribution is 2.41. The minimum atomic E-state index is -3.49. The molecule has 1 fully saturated rings. The molecule has 0 spiro atoms. The molecule has 1 amide bonds. The largest absolute Gasteiger partial charge is 0.351 e. The van der Waals surface area contributed by atoms with Crippen molar-refractivity contribution in [1.82, 2.24) is 24.4 Å². The first kappa shape index (κ1) is 24.4. The van der Waals surface area contributed by atoms with Gasteiger partial charge < -0.3 is 5.32 Å². The number of para-hydroxylation sites is 1. The maximum Gasteiger partial charge on any atom is 0.243 e. The molecule has 0 bridgehead atoms. The van der Waals surface area contributed by atoms with Gasteiger partial charge in [-0.05, 0) is 42.7 Å². The molecular weight excluding hydrogens is 470 g/mol. The predicted molar refractivity (Wildman–Crippen MR) is 132 cm³/mol. The molecule has 0 atom stereocenters. The van der Waals surface area contributed by atoms with Gasteiger partial charge in [-0.15, -0.1) is 10.2 Å². The molecule has 1 aliphatic rings. The van der Waals surface area contributed by atoms with Gasteiger partial charge in [0.25, 0.3) is 0 Å². The number of rotatable bonds is 11. The van der Waals surface area contributed by atoms with Crippen molar-refractivity contribution >= 4 is 27.7 Å². The molecule has 1 N–H and O–H groups in total. The molecule has 0 saturated heterocycles. The van der Waals surface area contributed by atoms with E-state index in [4.69, 9.17) is 0 Å². The van der Waals surface area contributed by atoms with Gasteiger partial charge in [0.2, 0.25) is 15.9 Å². The molecule has 8 nitrogen and oxygen atoms in total. The van der Waals surface area contributed by atoms with E-state index in [0.29, 0.717) is 30.7 Å². The second kappa shape index (κ2) is 10.7. The summed E-state index contributed by atoms with van der Waals surface area (Å²) in [6.07, 6.45) is 2.23. The average Bonchev–Trinajstić information content (AvgIpc) is 3.61. The quantitative estimate of drug-likeness (QED) is 0.405. The van der Waals surface area contributed by atoms with Crippen LogP contribution in [0.5, 0.6) is 0 Å². The van der Waals surface area contributed by atoms with Crippen molar-refractivity contribution in [1.29, 1.82) is 0 Å². The number of hydrogen-bond donors (Lipinski definition) is 1. The van der Waals surface area contributed by atoms with Crippen LogP contribution in [-0.4, -0.2) is 52.2 Å². The monoisotopic (exact) mass is 499 g/mol. The highest BCUT2D eigenvalue weighted by Gasteiger charge is 2.31. The standard InChI is InChI=1S/C24H29N5O3S2/c1-3-28(4-2)34(31,32)21-14-10-18(11-15-21)16-25-22(30)17-33-24-27-26-23(19-12-13-19)29(24)20-8-6-5-7-9-20/h5-11,14-15,19H,3-4,12-13,16-17H2,1-2H3,(H,25,30). The summed E-state index contributed by atoms with van der Waals surface area (Å²) >= 11 is 1.36. The Morgan fingerprint density at radius 1 is 1.06 bits per heavy atom. The third-order valence-electron chi connectivity index (χ3n) is 5.70. The molecule has 0 unspecified atom stereocenters. The number of nitrogens with zero attached hydrogens (tertiary/aromatic N) is 4. The minimum Gasteiger partial charge on any atom is -0.351 e. The lowest BCUT2D eigenvalue weighted by molar-refractivity contribution is -0.118. The average molecular weight is 500 g/mol. The van der Waals surface area contributed by atoms with Gasteiger partial charge >= 0.3 is 0 Å². The zero-order valence-corrected chi connectivity index (χ0v) is 21.0. The van der Waals surface area contributed by atoms with Crippen LogP contribution in [0.2, 0.25) is 0 Å². The fraction of sp³-hybridized carbons (Fsp3) is 0.375. The molecule has 1 heterocycles. The van der Waals surface area contributed by atoms with Gasteiger partial charge in [-0.3, -0.25) is 9.36 Å². The molecule has 34 heavy (non-hydrogen) atoms. The van der Waals surface area contributed by atoms with Gasteiger partial charge in [0.05, 0.1) is 10.6 Å². The lowest BCUT2D eigenvalue weighted by atomic mass is 10.2. The van der Waals surface area contributed by atoms with Crippen LogP contribution in [0.3, 0.4) is 0 Å². The maximum atomic E-state index is 12.6. The van der Waals surface area contributed by atoms with Crippen LogP contribution >= 0.6 is 11.8 Å². The topological polar surface area (TPSA) is 97.2 Å². The molecule has 0 radical (unpaired) electrons. The van der Waals surface area contributed by atoms with Gasteiger partial charge in [-0.25, -0.2) is 8.42 Å². The fourth-order valence-corrected chi connectivity index (χ4v) is 5.92. The van der Waals surface area contributed by atoms with Crippen LogP contribution in [0.1, 0.15) is 44.0 Å². The van der Waals surface area contributed by atoms with Crippen LogP contribution in [0, 0.1) is 0 Å². The molecule has 0 aliphatic heterocycles. The molecule has 180 valence electrons. The van der Waals surface area contributed by atoms with Crippen LogP contribution < -0.4 is 5.32 Å². The Morgan fingerprint density at radius 3 is 2.35 bits per heavy atom. The molecule has 10 heteroatoms. The Hall–Kier alpha value is -2.69. The zero-order valence-electron chi connectivity index (χ0n) is 19.3. The number of benzene rings is 2. The summed E-state index contributed by atoms with van der Waals surface area (Å²) in [6, 6.07) is 16.6. The Morgan fingerprint density at radius 2 is 1.74 bits per heavy atom. The number of sulfonamides is 1. The van der Waals surface area contributed by atoms with E-state index in [-0.39, 0.29) is 16.6 Å². The lowest BCUT2D eigenvalue weighted by Crippen LogP contribution is -2.30. The summed E-state index contributed by atoms with van der Waals surface area (Å²) in [7, 11) is -3.49. The molecule has 2 aromatic carbocycles. The van der Waals surface area contributed by atoms with Gasteiger partial charge in [-0.2, -0.15) is 4.31 Å². The first-order valence-corrected chi connectivity index (χ1v) is 13.9. The van der Waals surface area contributed by atoms with E-state index in [0.717, 1.165) is 29.9 Å². The van der Waals surface area contributed by atoms with E-state index in [1.165, 1.54) is 16.1 Å². The summed E-state index contributed by atoms with van der Waals surface area (Å²) in [5, 5.41) is 12.3. The third-order valence-corrected chi connectivity index (χ3v) is 8.70. The SMILES string of the molecule is CCN(CC)S(=O)(=O)c1ccc(CNC(=O)CSc2nnc(C3CC3)n2-c2ccccc2)cc1. The predicted octanol–water partition coefficient (Wildman–Crippen LogP) is 3.58. The third kappa shape index (κ3) is 5.51. The Balaban J connectivity index is 1.35. The molecular formula is C24H29N5O3S2. The maximum absolute atomic E-state index is 12.6. The second-order valence-electron chi connectivity index (χ2n) is 8.08. The van der Waals surface area contributed by atoms with Gasteiger partial charge in [0.15, 0.2) is 5.16 Å². The highest BCUT2D eigenvalue weighted by atomic mass is 32.2. The summed E-state index contributed by atoms with van der Waals surface area (Å²) in [4.78, 5) is 12.7. The first-order valence-electron chi connectivity index (χ1n) is 11.4. The summed E-state index contributed by atoms with van der Waals surface area (Å²) in [6.45, 7) is 4.81. The van der Waals surface area contributed by atoms with Crippen molar-refractivity contribution in [3.05, 3.63) is 66.0 Å². The number of aromatic nitrogens is 3. The number of carbonyl (C=O) groups excluding carboxylic acids is 1. The van der Waals surface area contributed by atoms with Crippen molar-refractivity contribution < 1.29 is 13.2 Å². The number of hydrogen-bond acceptors (Lipinski definition) is 6. The van der Waals surface area contributed by atoms with Crippen LogP contribution in [0.25, 0.3) is 5.69 Å². The summed E-state index contributed by atoms with van der Waals surface area (Å²) in [5.41, 5.74) is 1.83. The van der Waals surface area contributed by atoms with Crippen molar-refractivity contribution in [2.75, 3.05) is 18.8 Å². The summed E-state index contributed by atoms with van der Waals surface area (Å²) in [5.74, 6) is 1.48. The second-order valence-corrected chi connectivity index (χ2v) is 11.0. The van der Waals surface area contributed by atoms with Gasteiger partial charge in [-0.1, -0.05) is 55.9 Å². The highest BCUT2D eigenvalue weighted by molar-refractivity contribution is 7.99. The van der Waals surface area contributed by atoms with Crippen LogP contribution in [0.15, 0.2) is 64.6 Å². The van der Waals surface area contributed by atoms with E-state index in [2.05, 4.69) is 15.5 Å². The smallest absolute Gasteiger partial charge is 0.243 e. The minimum absolute atomic E-state index is 0.125. The Labute approximate surface area is 204 Å². The summed E-state index contributed by atoms with van der Waals surface area (Å²) < 4.78 is 28.7. The molecule has 1 aromatic heterocycles. The normalized spacial score (nSPS) is 13.9. The van der Waals surface area contributed by atoms with Crippen molar-refractivity contribution in [2.45, 2.75) is 49.2 Å². The number of carbonyl (C=O) groups is 1. The van der Waals surface area contributed by atoms with E-state index < -0.39 is 10.0 Å². The van der Waals surface area contributed by atoms with Crippen molar-refractivity contribution in [2.24, 2.45) is 0 Å². The van der Waals surface area contributed by atoms with E-state index in [1.54, 1.807) is 24.3 Å². The fourth-order valence-electron chi connectivity index (χ4n) is 3.67. The van der Waals surface area contributed by atoms with E-state index in [9.17, 15) is 13.2 Å². The van der Waals surface area contributed by atoms with Gasteiger partial charge in [0.1, 0.15) is 5.82 Å². The van der Waals surface area contributed by atoms with E-state index >= 15 is 0 Å². The lowest BCUT2D eigenvalue weighted by Gasteiger charge is -2.18. The number of amides is 1. The van der Waals surface area contributed by atoms with Crippen molar-refractivity contribution in [3.8, 4) is 5.69 Å².